The number of nitrogens with zero attached hydrogens (tertiary/aromatic N) is 1. The predicted molar refractivity (Wildman–Crippen MR) is 129 cm³/mol. The summed E-state index contributed by atoms with van der Waals surface area (Å²) in [6, 6.07) is 18.0. The molecule has 4 aromatic rings. The number of H-pyrrole nitrogens is 1. The number of nitrogens with one attached hydrogen (secondary N) is 3. The molecule has 2 amide bonds. The SMILES string of the molecule is Cc1cccc(C)c1NC(=O)C(NC(=O)c1nc2ccccc2[nH]c1=O)c1ccc(Cl)cc1. The third-order valence-electron chi connectivity index (χ3n) is 5.28. The second-order valence-electron chi connectivity index (χ2n) is 7.65. The van der Waals surface area contributed by atoms with Gasteiger partial charge in [0.25, 0.3) is 17.4 Å². The highest BCUT2D eigenvalue weighted by molar-refractivity contribution is 6.30. The van der Waals surface area contributed by atoms with Gasteiger partial charge in [-0.3, -0.25) is 14.4 Å². The van der Waals surface area contributed by atoms with Gasteiger partial charge in [-0.1, -0.05) is 54.1 Å². The van der Waals surface area contributed by atoms with Gasteiger partial charge in [0.05, 0.1) is 11.0 Å². The lowest BCUT2D eigenvalue weighted by Crippen LogP contribution is -2.39. The Bertz CT molecular complexity index is 1390. The minimum absolute atomic E-state index is 0.326. The van der Waals surface area contributed by atoms with Gasteiger partial charge in [-0.25, -0.2) is 4.98 Å². The summed E-state index contributed by atoms with van der Waals surface area (Å²) in [5, 5.41) is 6.05. The molecule has 166 valence electrons. The fourth-order valence-corrected chi connectivity index (χ4v) is 3.67. The van der Waals surface area contributed by atoms with Crippen LogP contribution in [0.3, 0.4) is 0 Å². The summed E-state index contributed by atoms with van der Waals surface area (Å²) in [6.45, 7) is 3.77. The number of carbonyl (C=O) groups is 2. The number of halogens is 1. The number of carbonyl (C=O) groups excluding carboxylic acids is 2. The molecule has 0 aliphatic heterocycles. The molecule has 7 nitrogen and oxygen atoms in total. The molecule has 0 aliphatic rings. The lowest BCUT2D eigenvalue weighted by atomic mass is 10.0. The maximum Gasteiger partial charge on any atom is 0.280 e. The summed E-state index contributed by atoms with van der Waals surface area (Å²) in [4.78, 5) is 45.7. The van der Waals surface area contributed by atoms with Crippen LogP contribution in [0.4, 0.5) is 5.69 Å². The summed E-state index contributed by atoms with van der Waals surface area (Å²) in [6.07, 6.45) is 0. The number of benzene rings is 3. The smallest absolute Gasteiger partial charge is 0.280 e. The monoisotopic (exact) mass is 460 g/mol. The van der Waals surface area contributed by atoms with Crippen molar-refractivity contribution in [1.29, 1.82) is 0 Å². The van der Waals surface area contributed by atoms with E-state index in [4.69, 9.17) is 11.6 Å². The maximum atomic E-state index is 13.3. The van der Waals surface area contributed by atoms with Crippen molar-refractivity contribution in [1.82, 2.24) is 15.3 Å². The summed E-state index contributed by atoms with van der Waals surface area (Å²) >= 11 is 6.00. The van der Waals surface area contributed by atoms with Crippen LogP contribution >= 0.6 is 11.6 Å². The number of amides is 2. The molecule has 3 aromatic carbocycles. The van der Waals surface area contributed by atoms with Crippen LogP contribution in [-0.4, -0.2) is 21.8 Å². The Morgan fingerprint density at radius 3 is 2.30 bits per heavy atom. The summed E-state index contributed by atoms with van der Waals surface area (Å²) in [5.41, 5.74) is 2.95. The van der Waals surface area contributed by atoms with E-state index in [1.54, 1.807) is 48.5 Å². The molecule has 1 aromatic heterocycles. The van der Waals surface area contributed by atoms with E-state index in [1.807, 2.05) is 32.0 Å². The van der Waals surface area contributed by atoms with Crippen LogP contribution in [0.5, 0.6) is 0 Å². The highest BCUT2D eigenvalue weighted by Gasteiger charge is 2.26. The number of aromatic nitrogens is 2. The summed E-state index contributed by atoms with van der Waals surface area (Å²) in [5.74, 6) is -1.22. The van der Waals surface area contributed by atoms with Gasteiger partial charge in [0.1, 0.15) is 6.04 Å². The molecule has 0 saturated heterocycles. The normalized spacial score (nSPS) is 11.7. The van der Waals surface area contributed by atoms with E-state index in [0.717, 1.165) is 11.1 Å². The number of anilines is 1. The zero-order valence-electron chi connectivity index (χ0n) is 18.0. The van der Waals surface area contributed by atoms with E-state index >= 15 is 0 Å². The molecule has 0 aliphatic carbocycles. The molecule has 3 N–H and O–H groups in total. The molecular formula is C25H21ClN4O3. The summed E-state index contributed by atoms with van der Waals surface area (Å²) in [7, 11) is 0. The number of aromatic amines is 1. The largest absolute Gasteiger partial charge is 0.335 e. The number of para-hydroxylation sites is 3. The molecule has 0 spiro atoms. The molecule has 0 saturated carbocycles. The standard InChI is InChI=1S/C25H21ClN4O3/c1-14-6-5-7-15(2)20(14)29-23(31)21(16-10-12-17(26)13-11-16)30-25(33)22-24(32)28-19-9-4-3-8-18(19)27-22/h3-13,21H,1-2H3,(H,28,32)(H,29,31)(H,30,33). The van der Waals surface area contributed by atoms with Crippen molar-refractivity contribution in [2.45, 2.75) is 19.9 Å². The van der Waals surface area contributed by atoms with Crippen LogP contribution in [0.15, 0.2) is 71.5 Å². The predicted octanol–water partition coefficient (Wildman–Crippen LogP) is 4.30. The van der Waals surface area contributed by atoms with Crippen LogP contribution in [0, 0.1) is 13.8 Å². The van der Waals surface area contributed by atoms with Crippen molar-refractivity contribution in [3.8, 4) is 0 Å². The van der Waals surface area contributed by atoms with Crippen LogP contribution in [0.2, 0.25) is 5.02 Å². The molecule has 8 heteroatoms. The van der Waals surface area contributed by atoms with Gasteiger partial charge in [0, 0.05) is 10.7 Å². The van der Waals surface area contributed by atoms with E-state index in [-0.39, 0.29) is 5.69 Å². The number of rotatable bonds is 5. The highest BCUT2D eigenvalue weighted by atomic mass is 35.5. The second-order valence-corrected chi connectivity index (χ2v) is 8.08. The minimum Gasteiger partial charge on any atom is -0.335 e. The zero-order valence-corrected chi connectivity index (χ0v) is 18.7. The van der Waals surface area contributed by atoms with Crippen LogP contribution in [0.25, 0.3) is 11.0 Å². The van der Waals surface area contributed by atoms with Crippen molar-refractivity contribution in [2.24, 2.45) is 0 Å². The molecule has 1 unspecified atom stereocenters. The van der Waals surface area contributed by atoms with Gasteiger partial charge in [-0.05, 0) is 54.8 Å². The fraction of sp³-hybridized carbons (Fsp3) is 0.120. The lowest BCUT2D eigenvalue weighted by molar-refractivity contribution is -0.118. The van der Waals surface area contributed by atoms with Gasteiger partial charge in [-0.15, -0.1) is 0 Å². The summed E-state index contributed by atoms with van der Waals surface area (Å²) < 4.78 is 0. The molecule has 1 atom stereocenters. The Hall–Kier alpha value is -3.97. The minimum atomic E-state index is -1.08. The Morgan fingerprint density at radius 1 is 0.939 bits per heavy atom. The highest BCUT2D eigenvalue weighted by Crippen LogP contribution is 2.23. The topological polar surface area (TPSA) is 104 Å². The molecule has 4 rings (SSSR count). The Morgan fingerprint density at radius 2 is 1.61 bits per heavy atom. The first kappa shape index (κ1) is 22.2. The Kier molecular flexibility index (Phi) is 6.24. The van der Waals surface area contributed by atoms with Gasteiger partial charge in [0.2, 0.25) is 0 Å². The maximum absolute atomic E-state index is 13.3. The Labute approximate surface area is 194 Å². The van der Waals surface area contributed by atoms with Crippen molar-refractivity contribution in [2.75, 3.05) is 5.32 Å². The van der Waals surface area contributed by atoms with Gasteiger partial charge < -0.3 is 15.6 Å². The van der Waals surface area contributed by atoms with Crippen molar-refractivity contribution in [3.05, 3.63) is 104 Å². The molecular weight excluding hydrogens is 440 g/mol. The van der Waals surface area contributed by atoms with Gasteiger partial charge in [0.15, 0.2) is 5.69 Å². The molecule has 0 fully saturated rings. The average Bonchev–Trinajstić information content (AvgIpc) is 2.80. The van der Waals surface area contributed by atoms with Crippen LogP contribution in [-0.2, 0) is 4.79 Å². The van der Waals surface area contributed by atoms with Gasteiger partial charge in [-0.2, -0.15) is 0 Å². The van der Waals surface area contributed by atoms with Crippen molar-refractivity contribution >= 4 is 40.1 Å². The quantitative estimate of drug-likeness (QED) is 0.413. The second kappa shape index (κ2) is 9.26. The average molecular weight is 461 g/mol. The Balaban J connectivity index is 1.69. The van der Waals surface area contributed by atoms with Crippen molar-refractivity contribution < 1.29 is 9.59 Å². The van der Waals surface area contributed by atoms with E-state index in [2.05, 4.69) is 20.6 Å². The third-order valence-corrected chi connectivity index (χ3v) is 5.54. The molecule has 0 bridgehead atoms. The fourth-order valence-electron chi connectivity index (χ4n) is 3.55. The van der Waals surface area contributed by atoms with E-state index in [1.165, 1.54) is 0 Å². The first-order valence-corrected chi connectivity index (χ1v) is 10.6. The number of hydrogen-bond acceptors (Lipinski definition) is 4. The van der Waals surface area contributed by atoms with E-state index in [9.17, 15) is 14.4 Å². The zero-order chi connectivity index (χ0) is 23.5. The van der Waals surface area contributed by atoms with E-state index in [0.29, 0.717) is 27.3 Å². The molecule has 33 heavy (non-hydrogen) atoms. The lowest BCUT2D eigenvalue weighted by Gasteiger charge is -2.20. The van der Waals surface area contributed by atoms with Crippen LogP contribution < -0.4 is 16.2 Å². The van der Waals surface area contributed by atoms with Crippen molar-refractivity contribution in [3.63, 3.8) is 0 Å². The van der Waals surface area contributed by atoms with Gasteiger partial charge >= 0.3 is 0 Å². The number of fused-ring (bicyclic) bond motifs is 1. The first-order chi connectivity index (χ1) is 15.8. The third kappa shape index (κ3) is 4.78. The van der Waals surface area contributed by atoms with E-state index < -0.39 is 23.4 Å². The number of hydrogen-bond donors (Lipinski definition) is 3. The first-order valence-electron chi connectivity index (χ1n) is 10.3. The number of aryl methyl sites for hydroxylation is 2. The van der Waals surface area contributed by atoms with Crippen LogP contribution in [0.1, 0.15) is 33.2 Å². The molecule has 0 radical (unpaired) electrons. The molecule has 1 heterocycles.